The third-order valence-electron chi connectivity index (χ3n) is 5.10. The molecule has 0 radical (unpaired) electrons. The molecule has 1 N–H and O–H groups in total. The summed E-state index contributed by atoms with van der Waals surface area (Å²) in [5.41, 5.74) is 0.687. The Balaban J connectivity index is 1.53. The average Bonchev–Trinajstić information content (AvgIpc) is 3.15. The summed E-state index contributed by atoms with van der Waals surface area (Å²) in [5, 5.41) is 0.835. The van der Waals surface area contributed by atoms with E-state index in [0.29, 0.717) is 25.2 Å². The van der Waals surface area contributed by atoms with Crippen molar-refractivity contribution in [2.24, 2.45) is 0 Å². The Bertz CT molecular complexity index is 981. The highest BCUT2D eigenvalue weighted by Gasteiger charge is 2.32. The van der Waals surface area contributed by atoms with Gasteiger partial charge in [-0.1, -0.05) is 18.6 Å². The highest BCUT2D eigenvalue weighted by molar-refractivity contribution is 5.98. The highest BCUT2D eigenvalue weighted by Crippen LogP contribution is 2.30. The highest BCUT2D eigenvalue weighted by atomic mass is 19.4. The van der Waals surface area contributed by atoms with Crippen molar-refractivity contribution >= 4 is 16.8 Å². The van der Waals surface area contributed by atoms with E-state index >= 15 is 0 Å². The summed E-state index contributed by atoms with van der Waals surface area (Å²) >= 11 is 0. The number of benzene rings is 1. The number of likely N-dealkylation sites (tertiary alicyclic amines) is 1. The van der Waals surface area contributed by atoms with E-state index in [9.17, 15) is 18.0 Å². The number of Topliss-reactive ketones (excluding diaryl/α,β-unsaturated/α-hetero) is 1. The standard InChI is InChI=1S/C20H19F3N4O/c21-20(22,23)15-6-4-13(5-7-15)12-27-10-2-1-3-16(27)17(28)19-25-11-14-8-9-24-18(14)26-19/h4-9,11,16H,1-3,10,12H2,(H,24,25,26). The predicted octanol–water partition coefficient (Wildman–Crippen LogP) is 4.21. The molecule has 0 saturated carbocycles. The van der Waals surface area contributed by atoms with Crippen molar-refractivity contribution in [1.82, 2.24) is 19.9 Å². The van der Waals surface area contributed by atoms with E-state index < -0.39 is 11.7 Å². The number of nitrogens with one attached hydrogen (secondary N) is 1. The summed E-state index contributed by atoms with van der Waals surface area (Å²) in [7, 11) is 0. The summed E-state index contributed by atoms with van der Waals surface area (Å²) in [6, 6.07) is 6.57. The largest absolute Gasteiger partial charge is 0.416 e. The Labute approximate surface area is 159 Å². The summed E-state index contributed by atoms with van der Waals surface area (Å²) in [6.07, 6.45) is 1.56. The number of carbonyl (C=O) groups is 1. The Morgan fingerprint density at radius 3 is 2.71 bits per heavy atom. The maximum atomic E-state index is 13.0. The van der Waals surface area contributed by atoms with Gasteiger partial charge in [0.05, 0.1) is 11.6 Å². The molecule has 1 saturated heterocycles. The fraction of sp³-hybridized carbons (Fsp3) is 0.350. The first-order chi connectivity index (χ1) is 13.4. The number of halogens is 3. The van der Waals surface area contributed by atoms with Crippen LogP contribution in [-0.4, -0.2) is 38.2 Å². The number of aromatic amines is 1. The van der Waals surface area contributed by atoms with E-state index in [1.165, 1.54) is 12.1 Å². The fourth-order valence-corrected chi connectivity index (χ4v) is 3.62. The van der Waals surface area contributed by atoms with E-state index in [4.69, 9.17) is 0 Å². The zero-order valence-corrected chi connectivity index (χ0v) is 15.0. The first kappa shape index (κ1) is 18.6. The average molecular weight is 388 g/mol. The monoisotopic (exact) mass is 388 g/mol. The zero-order valence-electron chi connectivity index (χ0n) is 15.0. The number of ketones is 1. The molecule has 1 aliphatic heterocycles. The molecule has 2 aromatic heterocycles. The minimum atomic E-state index is -4.35. The maximum Gasteiger partial charge on any atom is 0.416 e. The number of hydrogen-bond acceptors (Lipinski definition) is 4. The zero-order chi connectivity index (χ0) is 19.7. The molecule has 0 bridgehead atoms. The van der Waals surface area contributed by atoms with Crippen LogP contribution in [0.3, 0.4) is 0 Å². The molecule has 3 aromatic rings. The number of rotatable bonds is 4. The van der Waals surface area contributed by atoms with Gasteiger partial charge < -0.3 is 4.98 Å². The van der Waals surface area contributed by atoms with Crippen LogP contribution in [0.15, 0.2) is 42.7 Å². The smallest absolute Gasteiger partial charge is 0.346 e. The molecule has 0 aliphatic carbocycles. The summed E-state index contributed by atoms with van der Waals surface area (Å²) < 4.78 is 38.2. The van der Waals surface area contributed by atoms with Crippen molar-refractivity contribution in [1.29, 1.82) is 0 Å². The molecule has 3 heterocycles. The van der Waals surface area contributed by atoms with Crippen LogP contribution in [0.4, 0.5) is 13.2 Å². The lowest BCUT2D eigenvalue weighted by Gasteiger charge is -2.34. The van der Waals surface area contributed by atoms with Gasteiger partial charge in [0.1, 0.15) is 5.65 Å². The van der Waals surface area contributed by atoms with Crippen molar-refractivity contribution in [2.45, 2.75) is 38.0 Å². The van der Waals surface area contributed by atoms with Crippen LogP contribution in [0.1, 0.15) is 41.0 Å². The summed E-state index contributed by atoms with van der Waals surface area (Å²) in [4.78, 5) is 26.5. The second-order valence-electron chi connectivity index (χ2n) is 7.02. The molecule has 28 heavy (non-hydrogen) atoms. The van der Waals surface area contributed by atoms with Crippen LogP contribution in [0.5, 0.6) is 0 Å². The topological polar surface area (TPSA) is 61.9 Å². The number of aromatic nitrogens is 3. The third kappa shape index (κ3) is 3.77. The molecule has 1 aromatic carbocycles. The fourth-order valence-electron chi connectivity index (χ4n) is 3.62. The lowest BCUT2D eigenvalue weighted by Crippen LogP contribution is -2.44. The Kier molecular flexibility index (Phi) is 4.89. The Morgan fingerprint density at radius 2 is 1.96 bits per heavy atom. The molecule has 0 amide bonds. The van der Waals surface area contributed by atoms with E-state index in [0.717, 1.165) is 35.9 Å². The normalized spacial score (nSPS) is 18.5. The van der Waals surface area contributed by atoms with Gasteiger partial charge in [0, 0.05) is 24.3 Å². The molecular weight excluding hydrogens is 369 g/mol. The molecule has 1 unspecified atom stereocenters. The van der Waals surface area contributed by atoms with Crippen LogP contribution in [0, 0.1) is 0 Å². The van der Waals surface area contributed by atoms with Gasteiger partial charge in [0.2, 0.25) is 5.78 Å². The molecule has 1 atom stereocenters. The van der Waals surface area contributed by atoms with Gasteiger partial charge in [0.25, 0.3) is 0 Å². The Morgan fingerprint density at radius 1 is 1.18 bits per heavy atom. The van der Waals surface area contributed by atoms with Gasteiger partial charge in [-0.3, -0.25) is 9.69 Å². The lowest BCUT2D eigenvalue weighted by molar-refractivity contribution is -0.137. The molecule has 1 aliphatic rings. The minimum absolute atomic E-state index is 0.150. The number of hydrogen-bond donors (Lipinski definition) is 1. The molecule has 5 nitrogen and oxygen atoms in total. The molecule has 4 rings (SSSR count). The first-order valence-electron chi connectivity index (χ1n) is 9.16. The van der Waals surface area contributed by atoms with Crippen LogP contribution in [0.25, 0.3) is 11.0 Å². The second-order valence-corrected chi connectivity index (χ2v) is 7.02. The molecule has 146 valence electrons. The second kappa shape index (κ2) is 7.35. The van der Waals surface area contributed by atoms with E-state index in [1.54, 1.807) is 12.4 Å². The molecule has 8 heteroatoms. The van der Waals surface area contributed by atoms with Crippen LogP contribution in [0.2, 0.25) is 0 Å². The van der Waals surface area contributed by atoms with Gasteiger partial charge in [0.15, 0.2) is 5.82 Å². The van der Waals surface area contributed by atoms with Crippen molar-refractivity contribution in [2.75, 3.05) is 6.54 Å². The number of fused-ring (bicyclic) bond motifs is 1. The van der Waals surface area contributed by atoms with Crippen molar-refractivity contribution < 1.29 is 18.0 Å². The first-order valence-corrected chi connectivity index (χ1v) is 9.16. The number of H-pyrrole nitrogens is 1. The number of piperidine rings is 1. The van der Waals surface area contributed by atoms with Crippen LogP contribution >= 0.6 is 0 Å². The quantitative estimate of drug-likeness (QED) is 0.680. The predicted molar refractivity (Wildman–Crippen MR) is 97.7 cm³/mol. The summed E-state index contributed by atoms with van der Waals surface area (Å²) in [5.74, 6) is 0.0161. The summed E-state index contributed by atoms with van der Waals surface area (Å²) in [6.45, 7) is 1.13. The lowest BCUT2D eigenvalue weighted by atomic mass is 9.97. The van der Waals surface area contributed by atoms with Crippen molar-refractivity contribution in [3.05, 3.63) is 59.7 Å². The van der Waals surface area contributed by atoms with Gasteiger partial charge in [-0.2, -0.15) is 13.2 Å². The van der Waals surface area contributed by atoms with Crippen LogP contribution in [-0.2, 0) is 12.7 Å². The van der Waals surface area contributed by atoms with Crippen molar-refractivity contribution in [3.63, 3.8) is 0 Å². The van der Waals surface area contributed by atoms with Gasteiger partial charge in [-0.25, -0.2) is 9.97 Å². The number of nitrogens with zero attached hydrogens (tertiary/aromatic N) is 3. The Hall–Kier alpha value is -2.74. The molecule has 1 fully saturated rings. The van der Waals surface area contributed by atoms with E-state index in [1.807, 2.05) is 11.0 Å². The SMILES string of the molecule is O=C(c1ncc2cc[nH]c2n1)C1CCCCN1Cc1ccc(C(F)(F)F)cc1. The number of alkyl halides is 3. The van der Waals surface area contributed by atoms with E-state index in [2.05, 4.69) is 15.0 Å². The van der Waals surface area contributed by atoms with Gasteiger partial charge in [-0.05, 0) is 43.1 Å². The maximum absolute atomic E-state index is 13.0. The minimum Gasteiger partial charge on any atom is -0.346 e. The third-order valence-corrected chi connectivity index (χ3v) is 5.10. The van der Waals surface area contributed by atoms with E-state index in [-0.39, 0.29) is 17.6 Å². The van der Waals surface area contributed by atoms with Crippen LogP contribution < -0.4 is 0 Å². The molecule has 0 spiro atoms. The van der Waals surface area contributed by atoms with Crippen molar-refractivity contribution in [3.8, 4) is 0 Å². The van der Waals surface area contributed by atoms with Gasteiger partial charge >= 0.3 is 6.18 Å². The number of carbonyl (C=O) groups excluding carboxylic acids is 1. The van der Waals surface area contributed by atoms with Gasteiger partial charge in [-0.15, -0.1) is 0 Å². The molecular formula is C20H19F3N4O.